The minimum Gasteiger partial charge on any atom is -0.494 e. The third-order valence-corrected chi connectivity index (χ3v) is 7.03. The topological polar surface area (TPSA) is 124 Å². The number of halogens is 2. The summed E-state index contributed by atoms with van der Waals surface area (Å²) >= 11 is 0. The Morgan fingerprint density at radius 1 is 0.500 bits per heavy atom. The van der Waals surface area contributed by atoms with Crippen LogP contribution in [0.1, 0.15) is 72.1 Å². The molecule has 0 aliphatic carbocycles. The Bertz CT molecular complexity index is 1470. The minimum atomic E-state index is -1.50. The zero-order valence-corrected chi connectivity index (χ0v) is 27.7. The molecule has 3 aromatic carbocycles. The minimum absolute atomic E-state index is 0.0814. The van der Waals surface area contributed by atoms with Crippen molar-refractivity contribution in [2.45, 2.75) is 51.4 Å². The number of unbranched alkanes of at least 4 members (excludes halogenated alkanes) is 6. The maximum atomic E-state index is 14.8. The molecule has 3 aromatic rings. The van der Waals surface area contributed by atoms with Crippen molar-refractivity contribution in [2.75, 3.05) is 26.4 Å². The van der Waals surface area contributed by atoms with Crippen molar-refractivity contribution < 1.29 is 56.4 Å². The molecule has 0 spiro atoms. The van der Waals surface area contributed by atoms with Crippen LogP contribution >= 0.6 is 0 Å². The SMILES string of the molecule is C=CC(=O)OCCCCCCOc1ccc(C(=O)Oc2ccc(OC(=O)c3ccc(OCCCCCCOC(=O)C=C)cc3)c(F)c2F)cc1. The van der Waals surface area contributed by atoms with Crippen LogP contribution in [0.15, 0.2) is 86.0 Å². The molecule has 0 amide bonds. The van der Waals surface area contributed by atoms with E-state index in [2.05, 4.69) is 13.2 Å². The molecule has 0 saturated carbocycles. The van der Waals surface area contributed by atoms with Gasteiger partial charge < -0.3 is 28.4 Å². The molecule has 10 nitrogen and oxygen atoms in total. The lowest BCUT2D eigenvalue weighted by molar-refractivity contribution is -0.138. The van der Waals surface area contributed by atoms with Crippen LogP contribution in [0.2, 0.25) is 0 Å². The van der Waals surface area contributed by atoms with Crippen LogP contribution in [0.3, 0.4) is 0 Å². The van der Waals surface area contributed by atoms with E-state index >= 15 is 0 Å². The molecule has 266 valence electrons. The first-order chi connectivity index (χ1) is 24.2. The van der Waals surface area contributed by atoms with E-state index < -0.39 is 47.0 Å². The molecule has 0 unspecified atom stereocenters. The second kappa shape index (κ2) is 21.5. The van der Waals surface area contributed by atoms with Gasteiger partial charge in [0.15, 0.2) is 11.5 Å². The largest absolute Gasteiger partial charge is 0.494 e. The Hall–Kier alpha value is -5.52. The van der Waals surface area contributed by atoms with Crippen molar-refractivity contribution in [3.05, 3.63) is 109 Å². The van der Waals surface area contributed by atoms with Crippen LogP contribution < -0.4 is 18.9 Å². The third kappa shape index (κ3) is 13.5. The lowest BCUT2D eigenvalue weighted by Crippen LogP contribution is -2.12. The average Bonchev–Trinajstić information content (AvgIpc) is 3.13. The number of hydrogen-bond donors (Lipinski definition) is 0. The summed E-state index contributed by atoms with van der Waals surface area (Å²) in [6, 6.07) is 13.9. The first kappa shape index (κ1) is 38.9. The normalized spacial score (nSPS) is 10.4. The molecule has 0 heterocycles. The summed E-state index contributed by atoms with van der Waals surface area (Å²) in [5, 5.41) is 0. The van der Waals surface area contributed by atoms with Crippen molar-refractivity contribution in [3.63, 3.8) is 0 Å². The van der Waals surface area contributed by atoms with Crippen LogP contribution in [0, 0.1) is 11.6 Å². The van der Waals surface area contributed by atoms with Gasteiger partial charge in [0.1, 0.15) is 11.5 Å². The fourth-order valence-corrected chi connectivity index (χ4v) is 4.32. The van der Waals surface area contributed by atoms with Crippen LogP contribution in [0.5, 0.6) is 23.0 Å². The zero-order valence-electron chi connectivity index (χ0n) is 27.7. The van der Waals surface area contributed by atoms with E-state index in [4.69, 9.17) is 28.4 Å². The van der Waals surface area contributed by atoms with E-state index in [-0.39, 0.29) is 11.1 Å². The summed E-state index contributed by atoms with van der Waals surface area (Å²) in [5.41, 5.74) is 0.163. The summed E-state index contributed by atoms with van der Waals surface area (Å²) in [6.07, 6.45) is 8.77. The van der Waals surface area contributed by atoms with Gasteiger partial charge >= 0.3 is 23.9 Å². The molecule has 12 heteroatoms. The lowest BCUT2D eigenvalue weighted by Gasteiger charge is -2.11. The molecule has 0 N–H and O–H groups in total. The highest BCUT2D eigenvalue weighted by Crippen LogP contribution is 2.29. The smallest absolute Gasteiger partial charge is 0.343 e. The summed E-state index contributed by atoms with van der Waals surface area (Å²) in [6.45, 7) is 8.24. The van der Waals surface area contributed by atoms with Crippen molar-refractivity contribution in [1.82, 2.24) is 0 Å². The van der Waals surface area contributed by atoms with Crippen LogP contribution in [-0.2, 0) is 19.1 Å². The molecule has 0 atom stereocenters. The maximum Gasteiger partial charge on any atom is 0.343 e. The first-order valence-electron chi connectivity index (χ1n) is 16.2. The molecule has 50 heavy (non-hydrogen) atoms. The Balaban J connectivity index is 1.39. The molecule has 0 aliphatic heterocycles. The molecule has 0 bridgehead atoms. The van der Waals surface area contributed by atoms with Gasteiger partial charge in [-0.3, -0.25) is 0 Å². The van der Waals surface area contributed by atoms with Gasteiger partial charge in [-0.15, -0.1) is 0 Å². The number of carbonyl (C=O) groups excluding carboxylic acids is 4. The zero-order chi connectivity index (χ0) is 36.1. The number of ether oxygens (including phenoxy) is 6. The molecule has 0 aliphatic rings. The van der Waals surface area contributed by atoms with Crippen molar-refractivity contribution in [3.8, 4) is 23.0 Å². The predicted octanol–water partition coefficient (Wildman–Crippen LogP) is 7.74. The van der Waals surface area contributed by atoms with Crippen LogP contribution in [0.25, 0.3) is 0 Å². The van der Waals surface area contributed by atoms with E-state index in [1.165, 1.54) is 24.3 Å². The Morgan fingerprint density at radius 3 is 1.18 bits per heavy atom. The monoisotopic (exact) mass is 694 g/mol. The molecule has 0 aromatic heterocycles. The van der Waals surface area contributed by atoms with Gasteiger partial charge in [-0.25, -0.2) is 19.2 Å². The fourth-order valence-electron chi connectivity index (χ4n) is 4.32. The van der Waals surface area contributed by atoms with E-state index in [0.29, 0.717) is 37.9 Å². The van der Waals surface area contributed by atoms with Gasteiger partial charge in [-0.2, -0.15) is 8.78 Å². The summed E-state index contributed by atoms with van der Waals surface area (Å²) in [7, 11) is 0. The van der Waals surface area contributed by atoms with E-state index in [1.54, 1.807) is 24.3 Å². The number of carbonyl (C=O) groups is 4. The molecular weight excluding hydrogens is 654 g/mol. The maximum absolute atomic E-state index is 14.8. The van der Waals surface area contributed by atoms with Crippen molar-refractivity contribution >= 4 is 23.9 Å². The molecule has 0 fully saturated rings. The van der Waals surface area contributed by atoms with Gasteiger partial charge in [0.2, 0.25) is 11.6 Å². The Morgan fingerprint density at radius 2 is 0.840 bits per heavy atom. The molecular formula is C38H40F2O10. The predicted molar refractivity (Wildman–Crippen MR) is 179 cm³/mol. The van der Waals surface area contributed by atoms with Gasteiger partial charge in [-0.05, 0) is 112 Å². The quantitative estimate of drug-likeness (QED) is 0.0447. The highest BCUT2D eigenvalue weighted by Gasteiger charge is 2.21. The van der Waals surface area contributed by atoms with E-state index in [1.807, 2.05) is 0 Å². The Labute approximate surface area is 289 Å². The summed E-state index contributed by atoms with van der Waals surface area (Å²) in [4.78, 5) is 47.1. The second-order valence-electron chi connectivity index (χ2n) is 10.8. The van der Waals surface area contributed by atoms with E-state index in [9.17, 15) is 28.0 Å². The third-order valence-electron chi connectivity index (χ3n) is 7.03. The highest BCUT2D eigenvalue weighted by molar-refractivity contribution is 5.92. The lowest BCUT2D eigenvalue weighted by atomic mass is 10.2. The van der Waals surface area contributed by atoms with Crippen molar-refractivity contribution in [2.24, 2.45) is 0 Å². The number of hydrogen-bond acceptors (Lipinski definition) is 10. The number of esters is 4. The van der Waals surface area contributed by atoms with Crippen LogP contribution in [-0.4, -0.2) is 50.3 Å². The van der Waals surface area contributed by atoms with Crippen molar-refractivity contribution in [1.29, 1.82) is 0 Å². The number of rotatable bonds is 22. The fraction of sp³-hybridized carbons (Fsp3) is 0.316. The standard InChI is InChI=1S/C38H40F2O10/c1-3-33(41)47-25-11-7-5-9-23-45-29-17-13-27(14-18-29)37(43)49-31-21-22-32(36(40)35(31)39)50-38(44)28-15-19-30(20-16-28)46-24-10-6-8-12-26-48-34(42)4-2/h3-4,13-22H,1-2,5-12,23-26H2. The van der Waals surface area contributed by atoms with Gasteiger partial charge in [0, 0.05) is 12.2 Å². The number of benzene rings is 3. The summed E-state index contributed by atoms with van der Waals surface area (Å²) in [5.74, 6) is -6.05. The van der Waals surface area contributed by atoms with E-state index in [0.717, 1.165) is 75.7 Å². The summed E-state index contributed by atoms with van der Waals surface area (Å²) < 4.78 is 60.8. The molecule has 3 rings (SSSR count). The van der Waals surface area contributed by atoms with Gasteiger partial charge in [-0.1, -0.05) is 13.2 Å². The second-order valence-corrected chi connectivity index (χ2v) is 10.8. The average molecular weight is 695 g/mol. The highest BCUT2D eigenvalue weighted by atomic mass is 19.2. The molecule has 0 radical (unpaired) electrons. The van der Waals surface area contributed by atoms with Gasteiger partial charge in [0.05, 0.1) is 37.6 Å². The Kier molecular flexibility index (Phi) is 16.7. The van der Waals surface area contributed by atoms with Gasteiger partial charge in [0.25, 0.3) is 0 Å². The molecule has 0 saturated heterocycles. The van der Waals surface area contributed by atoms with Crippen LogP contribution in [0.4, 0.5) is 8.78 Å². The first-order valence-corrected chi connectivity index (χ1v) is 16.2.